The van der Waals surface area contributed by atoms with Crippen molar-refractivity contribution in [3.63, 3.8) is 0 Å². The molecule has 0 aromatic heterocycles. The number of rotatable bonds is 6. The standard InChI is InChI=1S/C16H25NO2/c1-11(2)14-10-15(12(3)9-16(14)19-6)17(5)8-7-13(4)18/h9-11H,7-8H2,1-6H3. The monoisotopic (exact) mass is 263 g/mol. The predicted molar refractivity (Wildman–Crippen MR) is 80.4 cm³/mol. The van der Waals surface area contributed by atoms with E-state index in [9.17, 15) is 4.79 Å². The maximum Gasteiger partial charge on any atom is 0.131 e. The van der Waals surface area contributed by atoms with E-state index in [1.165, 1.54) is 16.8 Å². The van der Waals surface area contributed by atoms with Gasteiger partial charge < -0.3 is 9.64 Å². The highest BCUT2D eigenvalue weighted by atomic mass is 16.5. The minimum atomic E-state index is 0.224. The smallest absolute Gasteiger partial charge is 0.131 e. The molecule has 0 fully saturated rings. The zero-order valence-corrected chi connectivity index (χ0v) is 12.9. The normalized spacial score (nSPS) is 10.7. The maximum absolute atomic E-state index is 11.1. The average molecular weight is 263 g/mol. The minimum Gasteiger partial charge on any atom is -0.496 e. The average Bonchev–Trinajstić information content (AvgIpc) is 2.34. The summed E-state index contributed by atoms with van der Waals surface area (Å²) in [6.07, 6.45) is 0.582. The van der Waals surface area contributed by atoms with Crippen LogP contribution in [0.25, 0.3) is 0 Å². The Bertz CT molecular complexity index is 452. The van der Waals surface area contributed by atoms with E-state index in [0.29, 0.717) is 12.3 Å². The van der Waals surface area contributed by atoms with Crippen molar-refractivity contribution < 1.29 is 9.53 Å². The molecule has 1 aromatic rings. The van der Waals surface area contributed by atoms with Gasteiger partial charge in [0.15, 0.2) is 0 Å². The van der Waals surface area contributed by atoms with Gasteiger partial charge in [0.25, 0.3) is 0 Å². The molecule has 0 saturated heterocycles. The Kier molecular flexibility index (Phi) is 5.40. The zero-order valence-electron chi connectivity index (χ0n) is 12.9. The molecule has 0 unspecified atom stereocenters. The Hall–Kier alpha value is -1.51. The van der Waals surface area contributed by atoms with Crippen molar-refractivity contribution >= 4 is 11.5 Å². The Balaban J connectivity index is 3.06. The van der Waals surface area contributed by atoms with Crippen molar-refractivity contribution in [2.24, 2.45) is 0 Å². The lowest BCUT2D eigenvalue weighted by molar-refractivity contribution is -0.116. The number of benzene rings is 1. The van der Waals surface area contributed by atoms with Crippen LogP contribution in [0.4, 0.5) is 5.69 Å². The summed E-state index contributed by atoms with van der Waals surface area (Å²) >= 11 is 0. The van der Waals surface area contributed by atoms with Gasteiger partial charge in [0, 0.05) is 25.7 Å². The number of methoxy groups -OCH3 is 1. The van der Waals surface area contributed by atoms with Crippen LogP contribution >= 0.6 is 0 Å². The number of ketones is 1. The van der Waals surface area contributed by atoms with Gasteiger partial charge in [0.2, 0.25) is 0 Å². The van der Waals surface area contributed by atoms with Crippen molar-refractivity contribution in [2.45, 2.75) is 40.0 Å². The number of hydrogen-bond acceptors (Lipinski definition) is 3. The fourth-order valence-corrected chi connectivity index (χ4v) is 2.17. The summed E-state index contributed by atoms with van der Waals surface area (Å²) in [5.41, 5.74) is 3.55. The highest BCUT2D eigenvalue weighted by Crippen LogP contribution is 2.33. The summed E-state index contributed by atoms with van der Waals surface area (Å²) in [4.78, 5) is 13.2. The van der Waals surface area contributed by atoms with Crippen molar-refractivity contribution in [3.8, 4) is 5.75 Å². The van der Waals surface area contributed by atoms with E-state index in [1.54, 1.807) is 14.0 Å². The lowest BCUT2D eigenvalue weighted by atomic mass is 9.98. The van der Waals surface area contributed by atoms with Crippen molar-refractivity contribution in [1.29, 1.82) is 0 Å². The second-order valence-electron chi connectivity index (χ2n) is 5.41. The van der Waals surface area contributed by atoms with E-state index >= 15 is 0 Å². The molecule has 3 nitrogen and oxygen atoms in total. The Morgan fingerprint density at radius 3 is 2.47 bits per heavy atom. The molecule has 0 aliphatic rings. The van der Waals surface area contributed by atoms with Crippen LogP contribution in [0.5, 0.6) is 5.75 Å². The lowest BCUT2D eigenvalue weighted by Gasteiger charge is -2.24. The van der Waals surface area contributed by atoms with Gasteiger partial charge in [-0.05, 0) is 43.0 Å². The number of carbonyl (C=O) groups is 1. The summed E-state index contributed by atoms with van der Waals surface area (Å²) in [6.45, 7) is 8.78. The van der Waals surface area contributed by atoms with E-state index in [-0.39, 0.29) is 5.78 Å². The van der Waals surface area contributed by atoms with E-state index in [4.69, 9.17) is 4.74 Å². The lowest BCUT2D eigenvalue weighted by Crippen LogP contribution is -2.21. The Morgan fingerprint density at radius 1 is 1.37 bits per heavy atom. The molecule has 0 bridgehead atoms. The maximum atomic E-state index is 11.1. The second-order valence-corrected chi connectivity index (χ2v) is 5.41. The molecule has 0 amide bonds. The quantitative estimate of drug-likeness (QED) is 0.786. The first-order chi connectivity index (χ1) is 8.86. The summed E-state index contributed by atoms with van der Waals surface area (Å²) in [6, 6.07) is 4.26. The van der Waals surface area contributed by atoms with E-state index in [1.807, 2.05) is 7.05 Å². The van der Waals surface area contributed by atoms with Gasteiger partial charge in [-0.25, -0.2) is 0 Å². The molecule has 0 radical (unpaired) electrons. The predicted octanol–water partition coefficient (Wildman–Crippen LogP) is 3.54. The molecule has 19 heavy (non-hydrogen) atoms. The molecule has 0 aliphatic heterocycles. The molecule has 0 spiro atoms. The first-order valence-corrected chi connectivity index (χ1v) is 6.76. The molecule has 106 valence electrons. The number of carbonyl (C=O) groups excluding carboxylic acids is 1. The van der Waals surface area contributed by atoms with Crippen molar-refractivity contribution in [2.75, 3.05) is 25.6 Å². The van der Waals surface area contributed by atoms with Crippen LogP contribution in [0.2, 0.25) is 0 Å². The van der Waals surface area contributed by atoms with Crippen molar-refractivity contribution in [3.05, 3.63) is 23.3 Å². The van der Waals surface area contributed by atoms with Crippen LogP contribution < -0.4 is 9.64 Å². The van der Waals surface area contributed by atoms with E-state index in [2.05, 4.69) is 37.8 Å². The first kappa shape index (κ1) is 15.5. The minimum absolute atomic E-state index is 0.224. The molecule has 0 atom stereocenters. The van der Waals surface area contributed by atoms with Crippen LogP contribution in [0.1, 0.15) is 44.2 Å². The fourth-order valence-electron chi connectivity index (χ4n) is 2.17. The van der Waals surface area contributed by atoms with Gasteiger partial charge in [-0.1, -0.05) is 13.8 Å². The summed E-state index contributed by atoms with van der Waals surface area (Å²) < 4.78 is 5.45. The summed E-state index contributed by atoms with van der Waals surface area (Å²) in [5.74, 6) is 1.58. The molecule has 1 aromatic carbocycles. The third kappa shape index (κ3) is 3.98. The van der Waals surface area contributed by atoms with Crippen LogP contribution in [0.15, 0.2) is 12.1 Å². The van der Waals surface area contributed by atoms with Crippen LogP contribution in [0, 0.1) is 6.92 Å². The molecule has 0 saturated carbocycles. The van der Waals surface area contributed by atoms with Gasteiger partial charge in [-0.15, -0.1) is 0 Å². The SMILES string of the molecule is COc1cc(C)c(N(C)CCC(C)=O)cc1C(C)C. The third-order valence-electron chi connectivity index (χ3n) is 3.38. The number of nitrogens with zero attached hydrogens (tertiary/aromatic N) is 1. The number of anilines is 1. The zero-order chi connectivity index (χ0) is 14.6. The molecule has 1 rings (SSSR count). The summed E-state index contributed by atoms with van der Waals surface area (Å²) in [5, 5.41) is 0. The van der Waals surface area contributed by atoms with Gasteiger partial charge in [-0.2, -0.15) is 0 Å². The largest absolute Gasteiger partial charge is 0.496 e. The number of ether oxygens (including phenoxy) is 1. The fraction of sp³-hybridized carbons (Fsp3) is 0.562. The number of aryl methyl sites for hydroxylation is 1. The third-order valence-corrected chi connectivity index (χ3v) is 3.38. The van der Waals surface area contributed by atoms with Gasteiger partial charge in [0.1, 0.15) is 11.5 Å². The van der Waals surface area contributed by atoms with Crippen LogP contribution in [0.3, 0.4) is 0 Å². The second kappa shape index (κ2) is 6.60. The molecule has 0 aliphatic carbocycles. The first-order valence-electron chi connectivity index (χ1n) is 6.76. The Labute approximate surface area is 116 Å². The Morgan fingerprint density at radius 2 is 2.00 bits per heavy atom. The molecule has 0 heterocycles. The van der Waals surface area contributed by atoms with E-state index in [0.717, 1.165) is 12.3 Å². The summed E-state index contributed by atoms with van der Waals surface area (Å²) in [7, 11) is 3.74. The highest BCUT2D eigenvalue weighted by molar-refractivity contribution is 5.76. The van der Waals surface area contributed by atoms with Gasteiger partial charge >= 0.3 is 0 Å². The highest BCUT2D eigenvalue weighted by Gasteiger charge is 2.13. The molecule has 0 N–H and O–H groups in total. The van der Waals surface area contributed by atoms with Crippen molar-refractivity contribution in [1.82, 2.24) is 0 Å². The van der Waals surface area contributed by atoms with Crippen LogP contribution in [-0.2, 0) is 4.79 Å². The molecule has 3 heteroatoms. The van der Waals surface area contributed by atoms with Gasteiger partial charge in [0.05, 0.1) is 7.11 Å². The van der Waals surface area contributed by atoms with Gasteiger partial charge in [-0.3, -0.25) is 4.79 Å². The number of hydrogen-bond donors (Lipinski definition) is 0. The molecular weight excluding hydrogens is 238 g/mol. The van der Waals surface area contributed by atoms with Crippen LogP contribution in [-0.4, -0.2) is 26.5 Å². The van der Waals surface area contributed by atoms with E-state index < -0.39 is 0 Å². The number of Topliss-reactive ketones (excluding diaryl/α,β-unsaturated/α-hetero) is 1. The topological polar surface area (TPSA) is 29.5 Å². The molecular formula is C16H25NO2.